The average Bonchev–Trinajstić information content (AvgIpc) is 2.63. The molecule has 7 heteroatoms. The summed E-state index contributed by atoms with van der Waals surface area (Å²) < 4.78 is 20.1. The van der Waals surface area contributed by atoms with Crippen molar-refractivity contribution < 1.29 is 28.5 Å². The van der Waals surface area contributed by atoms with Crippen molar-refractivity contribution >= 4 is 12.1 Å². The molecular formula is C10H17NO6. The van der Waals surface area contributed by atoms with E-state index in [9.17, 15) is 9.59 Å². The maximum Gasteiger partial charge on any atom is 0.407 e. The van der Waals surface area contributed by atoms with E-state index in [2.05, 4.69) is 10.1 Å². The van der Waals surface area contributed by atoms with Crippen LogP contribution in [0.25, 0.3) is 0 Å². The average molecular weight is 247 g/mol. The number of rotatable bonds is 4. The van der Waals surface area contributed by atoms with Gasteiger partial charge in [-0.2, -0.15) is 0 Å². The molecule has 1 heterocycles. The quantitative estimate of drug-likeness (QED) is 0.706. The third-order valence-electron chi connectivity index (χ3n) is 2.02. The molecule has 1 rings (SSSR count). The number of alkyl carbamates (subject to hydrolysis) is 1. The largest absolute Gasteiger partial charge is 0.460 e. The van der Waals surface area contributed by atoms with Crippen molar-refractivity contribution in [3.05, 3.63) is 0 Å². The predicted molar refractivity (Wildman–Crippen MR) is 56.3 cm³/mol. The highest BCUT2D eigenvalue weighted by Crippen LogP contribution is 2.22. The van der Waals surface area contributed by atoms with Gasteiger partial charge in [0.15, 0.2) is 12.4 Å². The van der Waals surface area contributed by atoms with Gasteiger partial charge in [0.05, 0.1) is 6.61 Å². The summed E-state index contributed by atoms with van der Waals surface area (Å²) >= 11 is 0. The summed E-state index contributed by atoms with van der Waals surface area (Å²) in [7, 11) is 1.40. The summed E-state index contributed by atoms with van der Waals surface area (Å²) in [6.07, 6.45) is -0.961. The third-order valence-corrected chi connectivity index (χ3v) is 2.02. The first-order valence-corrected chi connectivity index (χ1v) is 5.25. The van der Waals surface area contributed by atoms with Crippen molar-refractivity contribution in [2.24, 2.45) is 0 Å². The van der Waals surface area contributed by atoms with Crippen LogP contribution in [-0.2, 0) is 23.7 Å². The van der Waals surface area contributed by atoms with Crippen LogP contribution in [0.5, 0.6) is 0 Å². The second-order valence-corrected chi connectivity index (χ2v) is 3.96. The predicted octanol–water partition coefficient (Wildman–Crippen LogP) is 0.0371. The SMILES string of the molecule is CNC(=O)OCC(=O)OCC1COC(C)(C)O1. The Hall–Kier alpha value is -1.34. The van der Waals surface area contributed by atoms with Gasteiger partial charge in [-0.3, -0.25) is 0 Å². The Morgan fingerprint density at radius 1 is 1.41 bits per heavy atom. The fourth-order valence-corrected chi connectivity index (χ4v) is 1.27. The highest BCUT2D eigenvalue weighted by Gasteiger charge is 2.33. The molecule has 0 saturated carbocycles. The smallest absolute Gasteiger partial charge is 0.407 e. The molecule has 17 heavy (non-hydrogen) atoms. The van der Waals surface area contributed by atoms with Gasteiger partial charge < -0.3 is 24.3 Å². The number of ether oxygens (including phenoxy) is 4. The molecule has 1 unspecified atom stereocenters. The Labute approximate surface area is 99.3 Å². The first kappa shape index (κ1) is 13.7. The Morgan fingerprint density at radius 2 is 2.12 bits per heavy atom. The highest BCUT2D eigenvalue weighted by molar-refractivity contribution is 5.75. The van der Waals surface area contributed by atoms with Crippen LogP contribution in [0.4, 0.5) is 4.79 Å². The first-order valence-electron chi connectivity index (χ1n) is 5.25. The summed E-state index contributed by atoms with van der Waals surface area (Å²) in [6.45, 7) is 3.60. The van der Waals surface area contributed by atoms with Crippen LogP contribution in [0, 0.1) is 0 Å². The summed E-state index contributed by atoms with van der Waals surface area (Å²) in [5, 5.41) is 2.21. The van der Waals surface area contributed by atoms with Gasteiger partial charge >= 0.3 is 12.1 Å². The van der Waals surface area contributed by atoms with E-state index in [-0.39, 0.29) is 12.7 Å². The minimum absolute atomic E-state index is 0.0827. The third kappa shape index (κ3) is 5.01. The van der Waals surface area contributed by atoms with E-state index in [4.69, 9.17) is 14.2 Å². The molecule has 1 N–H and O–H groups in total. The molecule has 1 saturated heterocycles. The van der Waals surface area contributed by atoms with Gasteiger partial charge in [-0.25, -0.2) is 9.59 Å². The maximum atomic E-state index is 11.2. The van der Waals surface area contributed by atoms with Crippen molar-refractivity contribution in [1.29, 1.82) is 0 Å². The minimum Gasteiger partial charge on any atom is -0.460 e. The number of hydrogen-bond donors (Lipinski definition) is 1. The zero-order valence-electron chi connectivity index (χ0n) is 10.1. The van der Waals surface area contributed by atoms with Crippen LogP contribution in [0.3, 0.4) is 0 Å². The molecular weight excluding hydrogens is 230 g/mol. The van der Waals surface area contributed by atoms with Crippen molar-refractivity contribution in [2.45, 2.75) is 25.7 Å². The molecule has 0 aromatic heterocycles. The van der Waals surface area contributed by atoms with Crippen molar-refractivity contribution in [3.63, 3.8) is 0 Å². The first-order chi connectivity index (χ1) is 7.93. The van der Waals surface area contributed by atoms with Gasteiger partial charge in [0.25, 0.3) is 0 Å². The fraction of sp³-hybridized carbons (Fsp3) is 0.800. The zero-order chi connectivity index (χ0) is 12.9. The second-order valence-electron chi connectivity index (χ2n) is 3.96. The number of carbonyl (C=O) groups excluding carboxylic acids is 2. The Bertz CT molecular complexity index is 291. The molecule has 1 atom stereocenters. The number of esters is 1. The van der Waals surface area contributed by atoms with E-state index in [0.717, 1.165) is 0 Å². The molecule has 0 aromatic carbocycles. The molecule has 1 aliphatic heterocycles. The summed E-state index contributed by atoms with van der Waals surface area (Å²) in [5.41, 5.74) is 0. The molecule has 0 aliphatic carbocycles. The lowest BCUT2D eigenvalue weighted by Crippen LogP contribution is -2.28. The number of carbonyl (C=O) groups is 2. The van der Waals surface area contributed by atoms with Crippen LogP contribution in [-0.4, -0.2) is 50.8 Å². The van der Waals surface area contributed by atoms with Crippen LogP contribution in [0.1, 0.15) is 13.8 Å². The molecule has 1 fully saturated rings. The van der Waals surface area contributed by atoms with Crippen molar-refractivity contribution in [1.82, 2.24) is 5.32 Å². The van der Waals surface area contributed by atoms with E-state index in [1.807, 2.05) is 0 Å². The van der Waals surface area contributed by atoms with Gasteiger partial charge in [0, 0.05) is 7.05 Å². The molecule has 0 bridgehead atoms. The maximum absolute atomic E-state index is 11.2. The molecule has 1 aliphatic rings. The van der Waals surface area contributed by atoms with Gasteiger partial charge in [-0.15, -0.1) is 0 Å². The molecule has 0 aromatic rings. The van der Waals surface area contributed by atoms with Crippen LogP contribution in [0.2, 0.25) is 0 Å². The number of nitrogens with one attached hydrogen (secondary N) is 1. The number of hydrogen-bond acceptors (Lipinski definition) is 6. The Balaban J connectivity index is 2.14. The monoisotopic (exact) mass is 247 g/mol. The molecule has 7 nitrogen and oxygen atoms in total. The lowest BCUT2D eigenvalue weighted by Gasteiger charge is -2.16. The fourth-order valence-electron chi connectivity index (χ4n) is 1.27. The van der Waals surface area contributed by atoms with Gasteiger partial charge in [-0.1, -0.05) is 0 Å². The number of amides is 1. The minimum atomic E-state index is -0.677. The Morgan fingerprint density at radius 3 is 2.65 bits per heavy atom. The van der Waals surface area contributed by atoms with Gasteiger partial charge in [-0.05, 0) is 13.8 Å². The molecule has 0 spiro atoms. The lowest BCUT2D eigenvalue weighted by atomic mass is 10.4. The molecule has 1 amide bonds. The molecule has 0 radical (unpaired) electrons. The highest BCUT2D eigenvalue weighted by atomic mass is 16.7. The Kier molecular flexibility index (Phi) is 4.71. The normalized spacial score (nSPS) is 21.9. The summed E-state index contributed by atoms with van der Waals surface area (Å²) in [5.74, 6) is -1.27. The van der Waals surface area contributed by atoms with E-state index >= 15 is 0 Å². The van der Waals surface area contributed by atoms with Gasteiger partial charge in [0.1, 0.15) is 12.7 Å². The van der Waals surface area contributed by atoms with Crippen LogP contribution in [0.15, 0.2) is 0 Å². The standard InChI is InChI=1S/C10H17NO6/c1-10(2)16-5-7(17-10)4-14-8(12)6-15-9(13)11-3/h7H,4-6H2,1-3H3,(H,11,13). The summed E-state index contributed by atoms with van der Waals surface area (Å²) in [6, 6.07) is 0. The summed E-state index contributed by atoms with van der Waals surface area (Å²) in [4.78, 5) is 21.8. The molecule has 98 valence electrons. The van der Waals surface area contributed by atoms with Crippen LogP contribution < -0.4 is 5.32 Å². The van der Waals surface area contributed by atoms with Crippen LogP contribution >= 0.6 is 0 Å². The van der Waals surface area contributed by atoms with Gasteiger partial charge in [0.2, 0.25) is 0 Å². The second kappa shape index (κ2) is 5.83. The van der Waals surface area contributed by atoms with Crippen molar-refractivity contribution in [3.8, 4) is 0 Å². The van der Waals surface area contributed by atoms with E-state index < -0.39 is 24.5 Å². The van der Waals surface area contributed by atoms with E-state index in [1.165, 1.54) is 7.05 Å². The van der Waals surface area contributed by atoms with E-state index in [1.54, 1.807) is 13.8 Å². The lowest BCUT2D eigenvalue weighted by molar-refractivity contribution is -0.160. The van der Waals surface area contributed by atoms with E-state index in [0.29, 0.717) is 6.61 Å². The zero-order valence-corrected chi connectivity index (χ0v) is 10.1. The van der Waals surface area contributed by atoms with Crippen molar-refractivity contribution in [2.75, 3.05) is 26.9 Å². The topological polar surface area (TPSA) is 83.1 Å².